The molecular weight excluding hydrogens is 324 g/mol. The molecule has 1 aromatic rings. The zero-order valence-corrected chi connectivity index (χ0v) is 14.6. The Morgan fingerprint density at radius 1 is 1.17 bits per heavy atom. The molecule has 2 saturated heterocycles. The maximum atomic E-state index is 13.2. The van der Waals surface area contributed by atoms with Crippen molar-refractivity contribution in [1.82, 2.24) is 4.90 Å². The number of hydrogen-bond donors (Lipinski definition) is 0. The lowest BCUT2D eigenvalue weighted by atomic mass is 9.68. The van der Waals surface area contributed by atoms with Crippen molar-refractivity contribution < 1.29 is 9.72 Å². The number of rotatable bonds is 3. The first-order valence-corrected chi connectivity index (χ1v) is 9.91. The number of thioether (sulfide) groups is 1. The number of carbonyl (C=O) groups excluding carboxylic acids is 1. The van der Waals surface area contributed by atoms with Gasteiger partial charge in [0.25, 0.3) is 11.6 Å². The number of fused-ring (bicyclic) bond motifs is 1. The molecule has 0 N–H and O–H groups in total. The van der Waals surface area contributed by atoms with E-state index in [0.29, 0.717) is 5.92 Å². The van der Waals surface area contributed by atoms with E-state index in [2.05, 4.69) is 0 Å². The molecule has 0 aromatic heterocycles. The van der Waals surface area contributed by atoms with Gasteiger partial charge in [0.05, 0.1) is 4.92 Å². The number of nitro benzene ring substituents is 1. The molecule has 2 aliphatic heterocycles. The maximum Gasteiger partial charge on any atom is 0.282 e. The molecule has 1 aromatic carbocycles. The second kappa shape index (κ2) is 6.06. The quantitative estimate of drug-likeness (QED) is 0.472. The molecule has 2 atom stereocenters. The molecular formula is C18H22N2O3S. The Hall–Kier alpha value is -1.56. The summed E-state index contributed by atoms with van der Waals surface area (Å²) in [6, 6.07) is 5.16. The number of nitrogens with zero attached hydrogens (tertiary/aromatic N) is 2. The lowest BCUT2D eigenvalue weighted by Crippen LogP contribution is -2.42. The lowest BCUT2D eigenvalue weighted by Gasteiger charge is -2.39. The number of hydrogen-bond acceptors (Lipinski definition) is 4. The highest BCUT2D eigenvalue weighted by molar-refractivity contribution is 7.98. The first kappa shape index (κ1) is 15.9. The Balaban J connectivity index is 1.69. The summed E-state index contributed by atoms with van der Waals surface area (Å²) in [6.45, 7) is 0.775. The van der Waals surface area contributed by atoms with E-state index in [1.54, 1.807) is 12.1 Å². The smallest absolute Gasteiger partial charge is 0.282 e. The van der Waals surface area contributed by atoms with Crippen molar-refractivity contribution in [2.75, 3.05) is 12.8 Å². The third-order valence-electron chi connectivity index (χ3n) is 6.00. The van der Waals surface area contributed by atoms with Gasteiger partial charge in [-0.1, -0.05) is 0 Å². The predicted molar refractivity (Wildman–Crippen MR) is 93.3 cm³/mol. The second-order valence-corrected chi connectivity index (χ2v) is 8.41. The summed E-state index contributed by atoms with van der Waals surface area (Å²) in [7, 11) is 0. The Labute approximate surface area is 145 Å². The summed E-state index contributed by atoms with van der Waals surface area (Å²) in [5.74, 6) is 1.93. The molecule has 0 spiro atoms. The molecule has 6 heteroatoms. The summed E-state index contributed by atoms with van der Waals surface area (Å²) in [5, 5.41) is 11.4. The van der Waals surface area contributed by atoms with E-state index in [4.69, 9.17) is 0 Å². The summed E-state index contributed by atoms with van der Waals surface area (Å²) < 4.78 is 0. The third kappa shape index (κ3) is 2.70. The van der Waals surface area contributed by atoms with Gasteiger partial charge in [-0.15, -0.1) is 11.8 Å². The van der Waals surface area contributed by atoms with Crippen molar-refractivity contribution in [2.24, 2.45) is 17.8 Å². The minimum Gasteiger partial charge on any atom is -0.335 e. The van der Waals surface area contributed by atoms with E-state index in [-0.39, 0.29) is 23.2 Å². The summed E-state index contributed by atoms with van der Waals surface area (Å²) in [5.41, 5.74) is 0.190. The van der Waals surface area contributed by atoms with Crippen LogP contribution < -0.4 is 0 Å². The molecule has 4 fully saturated rings. The molecule has 4 aliphatic rings. The Kier molecular flexibility index (Phi) is 4.03. The van der Waals surface area contributed by atoms with Crippen LogP contribution in [0, 0.1) is 27.9 Å². The van der Waals surface area contributed by atoms with Gasteiger partial charge in [-0.3, -0.25) is 14.9 Å². The SMILES string of the molecule is CSc1ccc([N+](=O)[O-])c(C(=O)N2CC3CC4CC(C3)CC2C4)c1. The van der Waals surface area contributed by atoms with Crippen LogP contribution in [0.25, 0.3) is 0 Å². The largest absolute Gasteiger partial charge is 0.335 e. The van der Waals surface area contributed by atoms with Gasteiger partial charge in [0.1, 0.15) is 5.56 Å². The topological polar surface area (TPSA) is 63.5 Å². The van der Waals surface area contributed by atoms with Crippen LogP contribution in [0.4, 0.5) is 5.69 Å². The van der Waals surface area contributed by atoms with Gasteiger partial charge in [-0.25, -0.2) is 0 Å². The molecule has 2 heterocycles. The summed E-state index contributed by atoms with van der Waals surface area (Å²) in [4.78, 5) is 27.0. The van der Waals surface area contributed by atoms with E-state index in [1.165, 1.54) is 37.1 Å². The van der Waals surface area contributed by atoms with Gasteiger partial charge < -0.3 is 4.90 Å². The zero-order chi connectivity index (χ0) is 16.8. The highest BCUT2D eigenvalue weighted by Gasteiger charge is 2.44. The molecule has 128 valence electrons. The molecule has 2 unspecified atom stereocenters. The van der Waals surface area contributed by atoms with Gasteiger partial charge >= 0.3 is 0 Å². The molecule has 2 aliphatic carbocycles. The van der Waals surface area contributed by atoms with Crippen LogP contribution in [-0.2, 0) is 0 Å². The fourth-order valence-corrected chi connectivity index (χ4v) is 5.60. The van der Waals surface area contributed by atoms with Gasteiger partial charge in [0.15, 0.2) is 0 Å². The van der Waals surface area contributed by atoms with Crippen LogP contribution in [0.3, 0.4) is 0 Å². The first-order valence-electron chi connectivity index (χ1n) is 8.68. The van der Waals surface area contributed by atoms with E-state index >= 15 is 0 Å². The summed E-state index contributed by atoms with van der Waals surface area (Å²) in [6.07, 6.45) is 7.84. The Bertz CT molecular complexity index is 679. The van der Waals surface area contributed by atoms with Crippen LogP contribution in [-0.4, -0.2) is 34.6 Å². The monoisotopic (exact) mass is 346 g/mol. The third-order valence-corrected chi connectivity index (χ3v) is 6.72. The van der Waals surface area contributed by atoms with Crippen molar-refractivity contribution in [3.63, 3.8) is 0 Å². The van der Waals surface area contributed by atoms with Gasteiger partial charge in [0.2, 0.25) is 0 Å². The van der Waals surface area contributed by atoms with E-state index in [9.17, 15) is 14.9 Å². The normalized spacial score (nSPS) is 31.1. The molecule has 4 bridgehead atoms. The van der Waals surface area contributed by atoms with Crippen molar-refractivity contribution in [3.8, 4) is 0 Å². The molecule has 0 radical (unpaired) electrons. The minimum absolute atomic E-state index is 0.0678. The van der Waals surface area contributed by atoms with Gasteiger partial charge in [0, 0.05) is 23.5 Å². The van der Waals surface area contributed by atoms with Crippen molar-refractivity contribution in [1.29, 1.82) is 0 Å². The predicted octanol–water partition coefficient (Wildman–Crippen LogP) is 3.97. The summed E-state index contributed by atoms with van der Waals surface area (Å²) >= 11 is 1.51. The molecule has 5 rings (SSSR count). The van der Waals surface area contributed by atoms with Crippen LogP contribution in [0.15, 0.2) is 23.1 Å². The molecule has 5 nitrogen and oxygen atoms in total. The van der Waals surface area contributed by atoms with Crippen molar-refractivity contribution >= 4 is 23.4 Å². The highest BCUT2D eigenvalue weighted by atomic mass is 32.2. The number of amides is 1. The number of benzene rings is 1. The average molecular weight is 346 g/mol. The fourth-order valence-electron chi connectivity index (χ4n) is 5.16. The van der Waals surface area contributed by atoms with Crippen LogP contribution in [0.5, 0.6) is 0 Å². The first-order chi connectivity index (χ1) is 11.5. The Morgan fingerprint density at radius 3 is 2.46 bits per heavy atom. The van der Waals surface area contributed by atoms with Crippen LogP contribution in [0.2, 0.25) is 0 Å². The van der Waals surface area contributed by atoms with Crippen molar-refractivity contribution in [2.45, 2.75) is 43.0 Å². The number of carbonyl (C=O) groups is 1. The zero-order valence-electron chi connectivity index (χ0n) is 13.8. The second-order valence-electron chi connectivity index (χ2n) is 7.53. The average Bonchev–Trinajstić information content (AvgIpc) is 2.77. The van der Waals surface area contributed by atoms with Gasteiger partial charge in [-0.05, 0) is 68.2 Å². The highest BCUT2D eigenvalue weighted by Crippen LogP contribution is 2.48. The van der Waals surface area contributed by atoms with Crippen LogP contribution in [0.1, 0.15) is 42.5 Å². The lowest BCUT2D eigenvalue weighted by molar-refractivity contribution is -0.385. The standard InChI is InChI=1S/C18H22N2O3S/c1-24-15-2-3-17(20(22)23)16(9-15)18(21)19-10-13-5-11-4-12(6-13)8-14(19)7-11/h2-3,9,11-14H,4-8,10H2,1H3. The fraction of sp³-hybridized carbons (Fsp3) is 0.611. The minimum atomic E-state index is -0.432. The van der Waals surface area contributed by atoms with Crippen molar-refractivity contribution in [3.05, 3.63) is 33.9 Å². The molecule has 24 heavy (non-hydrogen) atoms. The number of nitro groups is 1. The maximum absolute atomic E-state index is 13.2. The van der Waals surface area contributed by atoms with Gasteiger partial charge in [-0.2, -0.15) is 0 Å². The Morgan fingerprint density at radius 2 is 1.83 bits per heavy atom. The van der Waals surface area contributed by atoms with Crippen LogP contribution >= 0.6 is 11.8 Å². The van der Waals surface area contributed by atoms with E-state index in [1.807, 2.05) is 11.2 Å². The van der Waals surface area contributed by atoms with E-state index in [0.717, 1.165) is 36.1 Å². The van der Waals surface area contributed by atoms with E-state index < -0.39 is 4.92 Å². The molecule has 1 amide bonds. The molecule has 2 saturated carbocycles.